The molecule has 0 bridgehead atoms. The second kappa shape index (κ2) is 14.3. The van der Waals surface area contributed by atoms with Crippen molar-refractivity contribution in [3.63, 3.8) is 0 Å². The average molecular weight is 687 g/mol. The fraction of sp³-hybridized carbons (Fsp3) is 1.00. The molecule has 1 aliphatic heterocycles. The Bertz CT molecular complexity index is 1160. The predicted molar refractivity (Wildman–Crippen MR) is 160 cm³/mol. The van der Waals surface area contributed by atoms with Gasteiger partial charge in [0, 0.05) is 12.3 Å². The van der Waals surface area contributed by atoms with E-state index in [0.717, 1.165) is 12.8 Å². The van der Waals surface area contributed by atoms with Gasteiger partial charge in [0.1, 0.15) is 18.3 Å². The minimum atomic E-state index is -4.83. The average Bonchev–Trinajstić information content (AvgIpc) is 3.22. The van der Waals surface area contributed by atoms with Crippen molar-refractivity contribution in [2.45, 2.75) is 147 Å². The maximum Gasteiger partial charge on any atom is 1.00 e. The van der Waals surface area contributed by atoms with E-state index in [-0.39, 0.29) is 78.3 Å². The van der Waals surface area contributed by atoms with E-state index in [4.69, 9.17) is 13.7 Å². The monoisotopic (exact) mass is 686 g/mol. The van der Waals surface area contributed by atoms with Crippen LogP contribution in [0.5, 0.6) is 0 Å². The number of aliphatic hydroxyl groups is 6. The molecule has 6 N–H and O–H groups in total. The van der Waals surface area contributed by atoms with Gasteiger partial charge in [0.05, 0.1) is 36.6 Å². The summed E-state index contributed by atoms with van der Waals surface area (Å²) >= 11 is 0. The summed E-state index contributed by atoms with van der Waals surface area (Å²) in [6, 6.07) is 0. The van der Waals surface area contributed by atoms with Gasteiger partial charge >= 0.3 is 29.6 Å². The Morgan fingerprint density at radius 2 is 1.57 bits per heavy atom. The van der Waals surface area contributed by atoms with E-state index in [1.807, 2.05) is 13.8 Å². The molecule has 0 aromatic carbocycles. The quantitative estimate of drug-likeness (QED) is 0.0706. The van der Waals surface area contributed by atoms with Crippen LogP contribution in [0.1, 0.15) is 92.4 Å². The van der Waals surface area contributed by atoms with Crippen molar-refractivity contribution >= 4 is 10.4 Å². The number of aliphatic hydroxyl groups excluding tert-OH is 5. The Hall–Kier alpha value is 0.550. The van der Waals surface area contributed by atoms with Crippen LogP contribution in [-0.2, 0) is 24.1 Å². The number of hydrogen-bond donors (Lipinski definition) is 6. The summed E-state index contributed by atoms with van der Waals surface area (Å²) in [5.74, 6) is -0.781. The largest absolute Gasteiger partial charge is 1.00 e. The maximum absolute atomic E-state index is 12.6. The van der Waals surface area contributed by atoms with Crippen LogP contribution < -0.4 is 29.6 Å². The van der Waals surface area contributed by atoms with Crippen molar-refractivity contribution in [2.75, 3.05) is 6.61 Å². The second-order valence-electron chi connectivity index (χ2n) is 16.0. The van der Waals surface area contributed by atoms with Crippen LogP contribution in [0.2, 0.25) is 0 Å². The first-order valence-corrected chi connectivity index (χ1v) is 18.2. The Labute approximate surface area is 295 Å². The van der Waals surface area contributed by atoms with Crippen molar-refractivity contribution in [3.05, 3.63) is 0 Å². The number of ether oxygens (including phenoxy) is 2. The molecule has 4 aliphatic carbocycles. The van der Waals surface area contributed by atoms with Gasteiger partial charge in [-0.3, -0.25) is 4.18 Å². The van der Waals surface area contributed by atoms with Crippen molar-refractivity contribution < 1.29 is 86.8 Å². The van der Waals surface area contributed by atoms with Gasteiger partial charge in [-0.1, -0.05) is 34.6 Å². The minimum absolute atomic E-state index is 0. The molecule has 262 valence electrons. The Morgan fingerprint density at radius 3 is 2.20 bits per heavy atom. The Morgan fingerprint density at radius 1 is 0.913 bits per heavy atom. The summed E-state index contributed by atoms with van der Waals surface area (Å²) in [5, 5.41) is 66.1. The van der Waals surface area contributed by atoms with Crippen LogP contribution in [0.15, 0.2) is 0 Å². The molecule has 7 unspecified atom stereocenters. The SMILES string of the molecule is CC(C)[C@H](CC[C@@H](C)[C@H]1C[C@H](O)C2[C@]3(O)C[C@@H](O)C4C[C@@H](OC5OCC(O)C(O)C5O)CC[C@]4(C)C3CC[C@@]21C)OS(=O)(=O)[O-].[Na+]. The van der Waals surface area contributed by atoms with Crippen molar-refractivity contribution in [2.24, 2.45) is 46.3 Å². The molecule has 5 rings (SSSR count). The third-order valence-electron chi connectivity index (χ3n) is 13.1. The molecule has 12 nitrogen and oxygen atoms in total. The third-order valence-corrected chi connectivity index (χ3v) is 13.6. The van der Waals surface area contributed by atoms with Crippen molar-refractivity contribution in [3.8, 4) is 0 Å². The molecule has 1 saturated heterocycles. The first kappa shape index (κ1) is 39.3. The zero-order valence-electron chi connectivity index (χ0n) is 28.2. The smallest absolute Gasteiger partial charge is 0.726 e. The third kappa shape index (κ3) is 7.17. The Balaban J connectivity index is 0.00000480. The van der Waals surface area contributed by atoms with Gasteiger partial charge in [-0.2, -0.15) is 0 Å². The van der Waals surface area contributed by atoms with Crippen LogP contribution in [0.25, 0.3) is 0 Å². The molecule has 5 aliphatic rings. The molecule has 1 heterocycles. The first-order chi connectivity index (χ1) is 20.8. The van der Waals surface area contributed by atoms with Crippen LogP contribution in [0.4, 0.5) is 0 Å². The van der Waals surface area contributed by atoms with Crippen LogP contribution in [-0.4, -0.2) is 105 Å². The van der Waals surface area contributed by atoms with E-state index in [1.54, 1.807) is 0 Å². The van der Waals surface area contributed by atoms with Crippen LogP contribution in [0, 0.1) is 46.3 Å². The van der Waals surface area contributed by atoms with E-state index < -0.39 is 75.7 Å². The molecule has 0 amide bonds. The summed E-state index contributed by atoms with van der Waals surface area (Å²) in [6.07, 6.45) is -2.71. The molecular weight excluding hydrogens is 631 g/mol. The van der Waals surface area contributed by atoms with Crippen LogP contribution in [0.3, 0.4) is 0 Å². The van der Waals surface area contributed by atoms with Crippen LogP contribution >= 0.6 is 0 Å². The van der Waals surface area contributed by atoms with Gasteiger partial charge in [-0.25, -0.2) is 8.42 Å². The second-order valence-corrected chi connectivity index (χ2v) is 17.0. The van der Waals surface area contributed by atoms with Gasteiger partial charge in [-0.15, -0.1) is 0 Å². The fourth-order valence-corrected chi connectivity index (χ4v) is 11.5. The molecule has 0 aromatic rings. The minimum Gasteiger partial charge on any atom is -0.726 e. The summed E-state index contributed by atoms with van der Waals surface area (Å²) in [4.78, 5) is 0. The first-order valence-electron chi connectivity index (χ1n) is 16.9. The van der Waals surface area contributed by atoms with Gasteiger partial charge in [-0.05, 0) is 91.8 Å². The van der Waals surface area contributed by atoms with E-state index in [2.05, 4.69) is 20.8 Å². The summed E-state index contributed by atoms with van der Waals surface area (Å²) in [5.41, 5.74) is -2.08. The molecule has 16 atom stereocenters. The normalized spacial score (nSPS) is 48.9. The van der Waals surface area contributed by atoms with Crippen molar-refractivity contribution in [1.82, 2.24) is 0 Å². The topological polar surface area (TPSA) is 206 Å². The molecule has 0 radical (unpaired) electrons. The standard InChI is InChI=1S/C32H56O12S.Na/c1-16(2)24(44-45(39,40)41)7-6-17(3)19-13-21(33)28-31(19,5)11-9-25-30(4)10-8-18(12-20(30)22(34)14-32(25,28)38)43-29-27(37)26(36)23(35)15-42-29;/h16-29,33-38H,6-15H2,1-5H3,(H,39,40,41);/q;+1/p-1/t17-,18+,19-,20?,21+,22-,23?,24+,25?,26?,27?,28?,29?,30+,31-,32+;/m1./s1. The molecule has 0 aromatic heterocycles. The molecular formula is C32H55NaO12S. The Kier molecular flexibility index (Phi) is 12.2. The molecule has 46 heavy (non-hydrogen) atoms. The summed E-state index contributed by atoms with van der Waals surface area (Å²) < 4.78 is 50.3. The predicted octanol–water partition coefficient (Wildman–Crippen LogP) is -1.55. The van der Waals surface area contributed by atoms with E-state index in [9.17, 15) is 43.6 Å². The molecule has 14 heteroatoms. The van der Waals surface area contributed by atoms with E-state index in [0.29, 0.717) is 38.5 Å². The molecule has 5 fully saturated rings. The summed E-state index contributed by atoms with van der Waals surface area (Å²) in [6.45, 7) is 9.86. The number of hydrogen-bond acceptors (Lipinski definition) is 12. The van der Waals surface area contributed by atoms with Gasteiger partial charge in [0.15, 0.2) is 6.29 Å². The van der Waals surface area contributed by atoms with Gasteiger partial charge < -0.3 is 44.7 Å². The van der Waals surface area contributed by atoms with Gasteiger partial charge in [0.25, 0.3) is 0 Å². The van der Waals surface area contributed by atoms with E-state index >= 15 is 0 Å². The number of fused-ring (bicyclic) bond motifs is 5. The zero-order valence-corrected chi connectivity index (χ0v) is 31.0. The molecule has 4 saturated carbocycles. The van der Waals surface area contributed by atoms with Gasteiger partial charge in [0.2, 0.25) is 10.4 Å². The summed E-state index contributed by atoms with van der Waals surface area (Å²) in [7, 11) is -4.83. The fourth-order valence-electron chi connectivity index (χ4n) is 10.9. The maximum atomic E-state index is 12.6. The zero-order chi connectivity index (χ0) is 33.3. The van der Waals surface area contributed by atoms with E-state index in [1.165, 1.54) is 0 Å². The van der Waals surface area contributed by atoms with Crippen molar-refractivity contribution in [1.29, 1.82) is 0 Å². The molecule has 0 spiro atoms. The number of rotatable bonds is 9.